The van der Waals surface area contributed by atoms with Crippen LogP contribution in [0.2, 0.25) is 0 Å². The molecule has 1 saturated heterocycles. The van der Waals surface area contributed by atoms with Gasteiger partial charge in [-0.3, -0.25) is 0 Å². The quantitative estimate of drug-likeness (QED) is 0.645. The average Bonchev–Trinajstić information content (AvgIpc) is 2.04. The Bertz CT molecular complexity index is 87.6. The summed E-state index contributed by atoms with van der Waals surface area (Å²) in [5.74, 6) is 0. The highest BCUT2D eigenvalue weighted by Crippen LogP contribution is 2.18. The van der Waals surface area contributed by atoms with Crippen LogP contribution in [0.15, 0.2) is 0 Å². The molecule has 0 aromatic heterocycles. The number of thioether (sulfide) groups is 1. The van der Waals surface area contributed by atoms with Gasteiger partial charge < -0.3 is 10.1 Å². The Morgan fingerprint density at radius 2 is 2.40 bits per heavy atom. The van der Waals surface area contributed by atoms with Gasteiger partial charge in [0.05, 0.1) is 6.61 Å². The van der Waals surface area contributed by atoms with E-state index in [1.54, 1.807) is 0 Å². The summed E-state index contributed by atoms with van der Waals surface area (Å²) in [6.07, 6.45) is 3.30. The van der Waals surface area contributed by atoms with Crippen molar-refractivity contribution in [3.8, 4) is 0 Å². The standard InChI is InChI=1S/C7H15NOS/c1-8-6-3-4-9-5-7(6)10-2/h6-8H,3-5H2,1-2H3. The Morgan fingerprint density at radius 1 is 1.60 bits per heavy atom. The Morgan fingerprint density at radius 3 is 2.90 bits per heavy atom. The summed E-state index contributed by atoms with van der Waals surface area (Å²) in [7, 11) is 2.03. The zero-order valence-corrected chi connectivity index (χ0v) is 7.41. The number of rotatable bonds is 2. The topological polar surface area (TPSA) is 21.3 Å². The molecule has 0 aromatic rings. The number of nitrogens with one attached hydrogen (secondary N) is 1. The Hall–Kier alpha value is 0.270. The van der Waals surface area contributed by atoms with E-state index in [-0.39, 0.29) is 0 Å². The molecule has 0 spiro atoms. The first-order chi connectivity index (χ1) is 4.88. The van der Waals surface area contributed by atoms with Crippen molar-refractivity contribution in [1.82, 2.24) is 5.32 Å². The predicted octanol–water partition coefficient (Wildman–Crippen LogP) is 0.726. The fraction of sp³-hybridized carbons (Fsp3) is 1.00. The van der Waals surface area contributed by atoms with Crippen LogP contribution in [0.3, 0.4) is 0 Å². The zero-order valence-electron chi connectivity index (χ0n) is 6.59. The molecule has 0 saturated carbocycles. The number of hydrogen-bond acceptors (Lipinski definition) is 3. The highest BCUT2D eigenvalue weighted by molar-refractivity contribution is 7.99. The molecule has 1 rings (SSSR count). The fourth-order valence-corrected chi connectivity index (χ4v) is 2.11. The van der Waals surface area contributed by atoms with Crippen molar-refractivity contribution in [3.63, 3.8) is 0 Å². The van der Waals surface area contributed by atoms with E-state index in [9.17, 15) is 0 Å². The maximum Gasteiger partial charge on any atom is 0.0600 e. The summed E-state index contributed by atoms with van der Waals surface area (Å²) >= 11 is 1.89. The van der Waals surface area contributed by atoms with E-state index < -0.39 is 0 Å². The second-order valence-corrected chi connectivity index (χ2v) is 3.61. The third kappa shape index (κ3) is 1.87. The van der Waals surface area contributed by atoms with E-state index in [4.69, 9.17) is 4.74 Å². The lowest BCUT2D eigenvalue weighted by Crippen LogP contribution is -2.42. The van der Waals surface area contributed by atoms with Crippen LogP contribution in [0, 0.1) is 0 Å². The predicted molar refractivity (Wildman–Crippen MR) is 45.6 cm³/mol. The van der Waals surface area contributed by atoms with Crippen molar-refractivity contribution in [1.29, 1.82) is 0 Å². The van der Waals surface area contributed by atoms with Gasteiger partial charge in [-0.25, -0.2) is 0 Å². The molecule has 2 unspecified atom stereocenters. The molecule has 0 amide bonds. The minimum Gasteiger partial charge on any atom is -0.380 e. The number of ether oxygens (including phenoxy) is 1. The van der Waals surface area contributed by atoms with E-state index in [2.05, 4.69) is 11.6 Å². The molecule has 60 valence electrons. The first-order valence-electron chi connectivity index (χ1n) is 3.66. The van der Waals surface area contributed by atoms with Gasteiger partial charge in [-0.05, 0) is 19.7 Å². The Labute approximate surface area is 66.7 Å². The zero-order chi connectivity index (χ0) is 7.40. The maximum absolute atomic E-state index is 5.34. The lowest BCUT2D eigenvalue weighted by molar-refractivity contribution is 0.0852. The molecule has 10 heavy (non-hydrogen) atoms. The van der Waals surface area contributed by atoms with Gasteiger partial charge in [0, 0.05) is 17.9 Å². The van der Waals surface area contributed by atoms with Gasteiger partial charge in [0.15, 0.2) is 0 Å². The smallest absolute Gasteiger partial charge is 0.0600 e. The molecular weight excluding hydrogens is 146 g/mol. The lowest BCUT2D eigenvalue weighted by atomic mass is 10.1. The van der Waals surface area contributed by atoms with Crippen LogP contribution in [0.25, 0.3) is 0 Å². The summed E-state index contributed by atoms with van der Waals surface area (Å²) in [6, 6.07) is 0.656. The molecule has 2 nitrogen and oxygen atoms in total. The van der Waals surface area contributed by atoms with E-state index in [0.29, 0.717) is 11.3 Å². The van der Waals surface area contributed by atoms with Gasteiger partial charge in [-0.2, -0.15) is 11.8 Å². The van der Waals surface area contributed by atoms with Gasteiger partial charge in [-0.1, -0.05) is 0 Å². The van der Waals surface area contributed by atoms with E-state index in [1.807, 2.05) is 18.8 Å². The first-order valence-corrected chi connectivity index (χ1v) is 4.95. The van der Waals surface area contributed by atoms with Crippen LogP contribution in [-0.4, -0.2) is 37.8 Å². The van der Waals surface area contributed by atoms with Crippen molar-refractivity contribution in [3.05, 3.63) is 0 Å². The normalized spacial score (nSPS) is 34.2. The molecule has 0 aliphatic carbocycles. The Balaban J connectivity index is 2.34. The first kappa shape index (κ1) is 8.37. The van der Waals surface area contributed by atoms with Crippen molar-refractivity contribution >= 4 is 11.8 Å². The van der Waals surface area contributed by atoms with Crippen molar-refractivity contribution in [2.24, 2.45) is 0 Å². The van der Waals surface area contributed by atoms with Gasteiger partial charge >= 0.3 is 0 Å². The van der Waals surface area contributed by atoms with Crippen molar-refractivity contribution in [2.75, 3.05) is 26.5 Å². The minimum absolute atomic E-state index is 0.652. The summed E-state index contributed by atoms with van der Waals surface area (Å²) in [6.45, 7) is 1.83. The molecule has 3 heteroatoms. The van der Waals surface area contributed by atoms with Gasteiger partial charge in [0.2, 0.25) is 0 Å². The SMILES string of the molecule is CNC1CCOCC1SC. The molecule has 1 heterocycles. The minimum atomic E-state index is 0.652. The molecule has 1 fully saturated rings. The molecule has 0 bridgehead atoms. The van der Waals surface area contributed by atoms with Gasteiger partial charge in [-0.15, -0.1) is 0 Å². The third-order valence-electron chi connectivity index (χ3n) is 1.98. The molecular formula is C7H15NOS. The van der Waals surface area contributed by atoms with Gasteiger partial charge in [0.25, 0.3) is 0 Å². The molecule has 1 aliphatic rings. The monoisotopic (exact) mass is 161 g/mol. The highest BCUT2D eigenvalue weighted by atomic mass is 32.2. The summed E-state index contributed by atoms with van der Waals surface area (Å²) < 4.78 is 5.34. The van der Waals surface area contributed by atoms with E-state index in [0.717, 1.165) is 19.6 Å². The van der Waals surface area contributed by atoms with Gasteiger partial charge in [0.1, 0.15) is 0 Å². The van der Waals surface area contributed by atoms with Crippen LogP contribution in [-0.2, 0) is 4.74 Å². The Kier molecular flexibility index (Phi) is 3.52. The summed E-state index contributed by atoms with van der Waals surface area (Å²) in [5, 5.41) is 3.96. The second kappa shape index (κ2) is 4.21. The van der Waals surface area contributed by atoms with Crippen LogP contribution >= 0.6 is 11.8 Å². The van der Waals surface area contributed by atoms with Crippen molar-refractivity contribution < 1.29 is 4.74 Å². The molecule has 0 aromatic carbocycles. The van der Waals surface area contributed by atoms with Crippen molar-refractivity contribution in [2.45, 2.75) is 17.7 Å². The van der Waals surface area contributed by atoms with Crippen LogP contribution in [0.4, 0.5) is 0 Å². The molecule has 0 radical (unpaired) electrons. The summed E-state index contributed by atoms with van der Waals surface area (Å²) in [5.41, 5.74) is 0. The molecule has 1 N–H and O–H groups in total. The molecule has 2 atom stereocenters. The van der Waals surface area contributed by atoms with E-state index in [1.165, 1.54) is 0 Å². The van der Waals surface area contributed by atoms with Crippen LogP contribution < -0.4 is 5.32 Å². The fourth-order valence-electron chi connectivity index (χ4n) is 1.27. The second-order valence-electron chi connectivity index (χ2n) is 2.53. The maximum atomic E-state index is 5.34. The highest BCUT2D eigenvalue weighted by Gasteiger charge is 2.22. The third-order valence-corrected chi connectivity index (χ3v) is 3.05. The van der Waals surface area contributed by atoms with Crippen LogP contribution in [0.5, 0.6) is 0 Å². The van der Waals surface area contributed by atoms with E-state index >= 15 is 0 Å². The van der Waals surface area contributed by atoms with Crippen LogP contribution in [0.1, 0.15) is 6.42 Å². The average molecular weight is 161 g/mol. The number of hydrogen-bond donors (Lipinski definition) is 1. The summed E-state index contributed by atoms with van der Waals surface area (Å²) in [4.78, 5) is 0. The molecule has 1 aliphatic heterocycles. The lowest BCUT2D eigenvalue weighted by Gasteiger charge is -2.29. The largest absolute Gasteiger partial charge is 0.380 e.